The Labute approximate surface area is 142 Å². The van der Waals surface area contributed by atoms with Crippen molar-refractivity contribution in [2.24, 2.45) is 0 Å². The van der Waals surface area contributed by atoms with E-state index in [9.17, 15) is 9.59 Å². The van der Waals surface area contributed by atoms with Gasteiger partial charge in [-0.25, -0.2) is 4.79 Å². The third kappa shape index (κ3) is 3.17. The molecule has 0 bridgehead atoms. The van der Waals surface area contributed by atoms with E-state index in [-0.39, 0.29) is 17.8 Å². The molecule has 1 aromatic carbocycles. The Bertz CT molecular complexity index is 770. The van der Waals surface area contributed by atoms with Crippen LogP contribution in [0.4, 0.5) is 0 Å². The van der Waals surface area contributed by atoms with Crippen LogP contribution in [0.3, 0.4) is 0 Å². The Balaban J connectivity index is 2.56. The highest BCUT2D eigenvalue weighted by atomic mass is 127. The zero-order valence-corrected chi connectivity index (χ0v) is 15.1. The first-order valence-corrected chi connectivity index (χ1v) is 8.12. The molecule has 0 N–H and O–H groups in total. The van der Waals surface area contributed by atoms with Gasteiger partial charge in [0.15, 0.2) is 0 Å². The van der Waals surface area contributed by atoms with Gasteiger partial charge in [-0.1, -0.05) is 33.6 Å². The van der Waals surface area contributed by atoms with Crippen molar-refractivity contribution in [1.82, 2.24) is 9.13 Å². The van der Waals surface area contributed by atoms with E-state index in [2.05, 4.69) is 15.9 Å². The molecule has 7 heteroatoms. The lowest BCUT2D eigenvalue weighted by molar-refractivity contribution is 0.595. The standard InChI is InChI=1S/C13H11BrClIN2O2/c1-2-17-7-11(16)12(19)18(13(17)20)6-8-3-4-9(14)5-10(8)15/h3-5,7H,2,6H2,1H3. The van der Waals surface area contributed by atoms with Gasteiger partial charge in [0.1, 0.15) is 0 Å². The van der Waals surface area contributed by atoms with Crippen molar-refractivity contribution in [3.05, 3.63) is 63.9 Å². The Hall–Kier alpha value is -0.600. The molecule has 1 aromatic heterocycles. The number of nitrogens with zero attached hydrogens (tertiary/aromatic N) is 2. The second kappa shape index (κ2) is 6.44. The minimum Gasteiger partial charge on any atom is -0.300 e. The first kappa shape index (κ1) is 15.8. The first-order valence-electron chi connectivity index (χ1n) is 5.87. The van der Waals surface area contributed by atoms with Gasteiger partial charge in [0.25, 0.3) is 5.56 Å². The van der Waals surface area contributed by atoms with Gasteiger partial charge in [0.2, 0.25) is 0 Å². The van der Waals surface area contributed by atoms with Crippen molar-refractivity contribution in [2.45, 2.75) is 20.0 Å². The quantitative estimate of drug-likeness (QED) is 0.649. The van der Waals surface area contributed by atoms with E-state index >= 15 is 0 Å². The van der Waals surface area contributed by atoms with Crippen molar-refractivity contribution in [1.29, 1.82) is 0 Å². The molecule has 2 rings (SSSR count). The smallest absolute Gasteiger partial charge is 0.300 e. The number of aromatic nitrogens is 2. The summed E-state index contributed by atoms with van der Waals surface area (Å²) in [5.74, 6) is 0. The molecule has 20 heavy (non-hydrogen) atoms. The van der Waals surface area contributed by atoms with Crippen molar-refractivity contribution in [3.8, 4) is 0 Å². The molecule has 0 spiro atoms. The van der Waals surface area contributed by atoms with Crippen LogP contribution in [0, 0.1) is 3.57 Å². The SMILES string of the molecule is CCn1cc(I)c(=O)n(Cc2ccc(Br)cc2Cl)c1=O. The summed E-state index contributed by atoms with van der Waals surface area (Å²) in [6.07, 6.45) is 1.57. The molecule has 0 fully saturated rings. The molecule has 0 unspecified atom stereocenters. The van der Waals surface area contributed by atoms with Crippen LogP contribution in [0.1, 0.15) is 12.5 Å². The van der Waals surface area contributed by atoms with Crippen LogP contribution >= 0.6 is 50.1 Å². The van der Waals surface area contributed by atoms with E-state index in [0.717, 1.165) is 10.0 Å². The van der Waals surface area contributed by atoms with E-state index in [0.29, 0.717) is 15.1 Å². The Kier molecular flexibility index (Phi) is 5.09. The Morgan fingerprint density at radius 1 is 1.35 bits per heavy atom. The molecule has 0 atom stereocenters. The molecule has 0 aliphatic rings. The van der Waals surface area contributed by atoms with Crippen LogP contribution in [0.5, 0.6) is 0 Å². The summed E-state index contributed by atoms with van der Waals surface area (Å²) in [6.45, 7) is 2.54. The van der Waals surface area contributed by atoms with Crippen molar-refractivity contribution in [2.75, 3.05) is 0 Å². The predicted octanol–water partition coefficient (Wildman–Crippen LogP) is 3.10. The van der Waals surface area contributed by atoms with Crippen molar-refractivity contribution >= 4 is 50.1 Å². The minimum atomic E-state index is -0.322. The molecule has 0 radical (unpaired) electrons. The molecular weight excluding hydrogens is 458 g/mol. The fourth-order valence-electron chi connectivity index (χ4n) is 1.80. The highest BCUT2D eigenvalue weighted by Crippen LogP contribution is 2.21. The minimum absolute atomic E-state index is 0.167. The number of aryl methyl sites for hydroxylation is 1. The van der Waals surface area contributed by atoms with Gasteiger partial charge in [-0.15, -0.1) is 0 Å². The second-order valence-corrected chi connectivity index (χ2v) is 6.66. The van der Waals surface area contributed by atoms with Crippen LogP contribution in [-0.2, 0) is 13.1 Å². The fourth-order valence-corrected chi connectivity index (χ4v) is 3.16. The third-order valence-electron chi connectivity index (χ3n) is 2.88. The molecule has 0 saturated carbocycles. The lowest BCUT2D eigenvalue weighted by atomic mass is 10.2. The number of benzene rings is 1. The zero-order valence-electron chi connectivity index (χ0n) is 10.6. The number of hydrogen-bond acceptors (Lipinski definition) is 2. The van der Waals surface area contributed by atoms with E-state index in [1.165, 1.54) is 9.13 Å². The predicted molar refractivity (Wildman–Crippen MR) is 91.6 cm³/mol. The lowest BCUT2D eigenvalue weighted by Crippen LogP contribution is -2.41. The molecule has 1 heterocycles. The van der Waals surface area contributed by atoms with Crippen molar-refractivity contribution < 1.29 is 0 Å². The van der Waals surface area contributed by atoms with E-state index < -0.39 is 0 Å². The third-order valence-corrected chi connectivity index (χ3v) is 4.46. The molecular formula is C13H11BrClIN2O2. The molecule has 0 aliphatic heterocycles. The van der Waals surface area contributed by atoms with Crippen LogP contribution in [0.15, 0.2) is 38.5 Å². The first-order chi connectivity index (χ1) is 9.43. The van der Waals surface area contributed by atoms with Gasteiger partial charge >= 0.3 is 5.69 Å². The maximum atomic E-state index is 12.2. The largest absolute Gasteiger partial charge is 0.331 e. The summed E-state index contributed by atoms with van der Waals surface area (Å²) < 4.78 is 4.08. The van der Waals surface area contributed by atoms with Gasteiger partial charge < -0.3 is 0 Å². The zero-order chi connectivity index (χ0) is 14.9. The van der Waals surface area contributed by atoms with Gasteiger partial charge in [0.05, 0.1) is 10.1 Å². The van der Waals surface area contributed by atoms with Crippen LogP contribution in [0.25, 0.3) is 0 Å². The van der Waals surface area contributed by atoms with Gasteiger partial charge in [-0.3, -0.25) is 13.9 Å². The summed E-state index contributed by atoms with van der Waals surface area (Å²) in [7, 11) is 0. The monoisotopic (exact) mass is 468 g/mol. The van der Waals surface area contributed by atoms with Crippen molar-refractivity contribution in [3.63, 3.8) is 0 Å². The number of halogens is 3. The summed E-state index contributed by atoms with van der Waals surface area (Å²) >= 11 is 11.4. The molecule has 0 amide bonds. The lowest BCUT2D eigenvalue weighted by Gasteiger charge is -2.11. The van der Waals surface area contributed by atoms with Crippen LogP contribution in [-0.4, -0.2) is 9.13 Å². The van der Waals surface area contributed by atoms with Gasteiger partial charge in [0, 0.05) is 22.2 Å². The second-order valence-electron chi connectivity index (χ2n) is 4.17. The fraction of sp³-hybridized carbons (Fsp3) is 0.231. The van der Waals surface area contributed by atoms with Gasteiger partial charge in [-0.05, 0) is 47.2 Å². The van der Waals surface area contributed by atoms with E-state index in [4.69, 9.17) is 11.6 Å². The average molecular weight is 470 g/mol. The molecule has 0 saturated heterocycles. The Morgan fingerprint density at radius 3 is 2.65 bits per heavy atom. The summed E-state index contributed by atoms with van der Waals surface area (Å²) in [4.78, 5) is 24.4. The summed E-state index contributed by atoms with van der Waals surface area (Å²) in [5, 5.41) is 0.521. The van der Waals surface area contributed by atoms with E-state index in [1.54, 1.807) is 18.3 Å². The Morgan fingerprint density at radius 2 is 2.05 bits per heavy atom. The highest BCUT2D eigenvalue weighted by Gasteiger charge is 2.11. The molecule has 0 aliphatic carbocycles. The van der Waals surface area contributed by atoms with Gasteiger partial charge in [-0.2, -0.15) is 0 Å². The maximum absolute atomic E-state index is 12.2. The molecule has 4 nitrogen and oxygen atoms in total. The summed E-state index contributed by atoms with van der Waals surface area (Å²) in [5.41, 5.74) is 0.120. The summed E-state index contributed by atoms with van der Waals surface area (Å²) in [6, 6.07) is 5.38. The van der Waals surface area contributed by atoms with Crippen LogP contribution in [0.2, 0.25) is 5.02 Å². The molecule has 106 valence electrons. The van der Waals surface area contributed by atoms with Crippen LogP contribution < -0.4 is 11.2 Å². The number of rotatable bonds is 3. The topological polar surface area (TPSA) is 44.0 Å². The number of hydrogen-bond donors (Lipinski definition) is 0. The highest BCUT2D eigenvalue weighted by molar-refractivity contribution is 14.1. The average Bonchev–Trinajstić information content (AvgIpc) is 2.41. The normalized spacial score (nSPS) is 10.8. The molecule has 2 aromatic rings. The maximum Gasteiger partial charge on any atom is 0.331 e. The van der Waals surface area contributed by atoms with E-state index in [1.807, 2.05) is 35.6 Å².